The molecule has 5 nitrogen and oxygen atoms in total. The van der Waals surface area contributed by atoms with Crippen molar-refractivity contribution in [3.8, 4) is 0 Å². The zero-order valence-corrected chi connectivity index (χ0v) is 17.9. The van der Waals surface area contributed by atoms with E-state index in [4.69, 9.17) is 0 Å². The average molecular weight is 438 g/mol. The number of hydrogen-bond acceptors (Lipinski definition) is 2. The van der Waals surface area contributed by atoms with Gasteiger partial charge in [-0.2, -0.15) is 0 Å². The van der Waals surface area contributed by atoms with E-state index in [2.05, 4.69) is 43.3 Å². The van der Waals surface area contributed by atoms with Crippen LogP contribution in [0, 0.1) is 11.8 Å². The Morgan fingerprint density at radius 2 is 1.87 bits per heavy atom. The van der Waals surface area contributed by atoms with Crippen LogP contribution in [0.2, 0.25) is 0 Å². The number of rotatable bonds is 5. The molecular weight excluding hydrogens is 403 g/mol. The van der Waals surface area contributed by atoms with Crippen LogP contribution in [0.3, 0.4) is 0 Å². The van der Waals surface area contributed by atoms with Crippen molar-refractivity contribution in [2.45, 2.75) is 65.5 Å². The number of nitrogens with one attached hydrogen (secondary N) is 2. The fraction of sp³-hybridized carbons (Fsp3) is 0.882. The Labute approximate surface area is 159 Å². The lowest BCUT2D eigenvalue weighted by Crippen LogP contribution is -2.48. The van der Waals surface area contributed by atoms with E-state index < -0.39 is 0 Å². The fourth-order valence-electron chi connectivity index (χ4n) is 2.85. The third-order valence-electron chi connectivity index (χ3n) is 4.30. The first kappa shape index (κ1) is 22.5. The highest BCUT2D eigenvalue weighted by Crippen LogP contribution is 2.29. The van der Waals surface area contributed by atoms with Gasteiger partial charge in [-0.05, 0) is 38.5 Å². The standard InChI is InChI=1S/C17H34N4O.HI/c1-12(2)14-8-7-9-15(10-14)20-17(19-13(3)4)18-11-16(22)21(5)6;/h12-15H,7-11H2,1-6H3,(H2,18,19,20);1H. The highest BCUT2D eigenvalue weighted by atomic mass is 127. The fourth-order valence-corrected chi connectivity index (χ4v) is 2.85. The summed E-state index contributed by atoms with van der Waals surface area (Å²) in [6, 6.07) is 0.755. The molecular formula is C17H35IN4O. The van der Waals surface area contributed by atoms with Crippen molar-refractivity contribution in [1.82, 2.24) is 15.5 Å². The minimum absolute atomic E-state index is 0. The van der Waals surface area contributed by atoms with Crippen molar-refractivity contribution in [3.63, 3.8) is 0 Å². The van der Waals surface area contributed by atoms with Crippen LogP contribution in [0.4, 0.5) is 0 Å². The van der Waals surface area contributed by atoms with E-state index in [1.165, 1.54) is 25.7 Å². The summed E-state index contributed by atoms with van der Waals surface area (Å²) >= 11 is 0. The number of likely N-dealkylation sites (N-methyl/N-ethyl adjacent to an activating group) is 1. The van der Waals surface area contributed by atoms with Crippen molar-refractivity contribution in [3.05, 3.63) is 0 Å². The van der Waals surface area contributed by atoms with Crippen LogP contribution in [0.5, 0.6) is 0 Å². The molecule has 2 N–H and O–H groups in total. The SMILES string of the molecule is CC(C)NC(=NCC(=O)N(C)C)NC1CCCC(C(C)C)C1.I. The third-order valence-corrected chi connectivity index (χ3v) is 4.30. The zero-order chi connectivity index (χ0) is 16.7. The summed E-state index contributed by atoms with van der Waals surface area (Å²) in [7, 11) is 3.52. The summed E-state index contributed by atoms with van der Waals surface area (Å²) in [6.07, 6.45) is 4.98. The van der Waals surface area contributed by atoms with E-state index in [1.807, 2.05) is 0 Å². The predicted molar refractivity (Wildman–Crippen MR) is 108 cm³/mol. The summed E-state index contributed by atoms with van der Waals surface area (Å²) in [5, 5.41) is 6.87. The third kappa shape index (κ3) is 8.77. The van der Waals surface area contributed by atoms with Crippen molar-refractivity contribution < 1.29 is 4.79 Å². The number of guanidine groups is 1. The molecule has 23 heavy (non-hydrogen) atoms. The molecule has 2 atom stereocenters. The second kappa shape index (κ2) is 11.1. The van der Waals surface area contributed by atoms with Crippen LogP contribution in [0.15, 0.2) is 4.99 Å². The molecule has 0 bridgehead atoms. The minimum atomic E-state index is 0. The monoisotopic (exact) mass is 438 g/mol. The Kier molecular flexibility index (Phi) is 10.8. The Morgan fingerprint density at radius 1 is 1.22 bits per heavy atom. The van der Waals surface area contributed by atoms with Gasteiger partial charge in [0, 0.05) is 26.2 Å². The Morgan fingerprint density at radius 3 is 2.39 bits per heavy atom. The van der Waals surface area contributed by atoms with Gasteiger partial charge in [0.25, 0.3) is 0 Å². The molecule has 1 aliphatic rings. The van der Waals surface area contributed by atoms with E-state index in [0.717, 1.165) is 17.8 Å². The van der Waals surface area contributed by atoms with Crippen molar-refractivity contribution in [1.29, 1.82) is 0 Å². The first-order valence-electron chi connectivity index (χ1n) is 8.57. The average Bonchev–Trinajstić information content (AvgIpc) is 2.43. The zero-order valence-electron chi connectivity index (χ0n) is 15.6. The van der Waals surface area contributed by atoms with E-state index in [0.29, 0.717) is 12.1 Å². The molecule has 0 aromatic heterocycles. The Bertz CT molecular complexity index is 383. The van der Waals surface area contributed by atoms with Crippen LogP contribution in [-0.2, 0) is 4.79 Å². The van der Waals surface area contributed by atoms with Gasteiger partial charge in [0.15, 0.2) is 5.96 Å². The summed E-state index contributed by atoms with van der Waals surface area (Å²) in [5.41, 5.74) is 0. The van der Waals surface area contributed by atoms with Gasteiger partial charge in [-0.25, -0.2) is 4.99 Å². The predicted octanol–water partition coefficient (Wildman–Crippen LogP) is 2.85. The molecule has 0 aromatic carbocycles. The molecule has 2 unspecified atom stereocenters. The lowest BCUT2D eigenvalue weighted by atomic mass is 9.79. The van der Waals surface area contributed by atoms with Crippen molar-refractivity contribution in [2.75, 3.05) is 20.6 Å². The minimum Gasteiger partial charge on any atom is -0.354 e. The molecule has 1 amide bonds. The molecule has 0 saturated heterocycles. The van der Waals surface area contributed by atoms with E-state index in [9.17, 15) is 4.79 Å². The second-order valence-corrected chi connectivity index (χ2v) is 7.26. The maximum atomic E-state index is 11.7. The van der Waals surface area contributed by atoms with E-state index in [1.54, 1.807) is 19.0 Å². The van der Waals surface area contributed by atoms with Crippen LogP contribution in [0.1, 0.15) is 53.4 Å². The second-order valence-electron chi connectivity index (χ2n) is 7.26. The number of carbonyl (C=O) groups excluding carboxylic acids is 1. The molecule has 0 radical (unpaired) electrons. The number of amides is 1. The van der Waals surface area contributed by atoms with Crippen LogP contribution < -0.4 is 10.6 Å². The van der Waals surface area contributed by atoms with Gasteiger partial charge in [0.2, 0.25) is 5.91 Å². The number of carbonyl (C=O) groups is 1. The number of halogens is 1. The summed E-state index contributed by atoms with van der Waals surface area (Å²) < 4.78 is 0. The quantitative estimate of drug-likeness (QED) is 0.394. The van der Waals surface area contributed by atoms with Gasteiger partial charge in [-0.3, -0.25) is 4.79 Å². The van der Waals surface area contributed by atoms with Gasteiger partial charge >= 0.3 is 0 Å². The Balaban J connectivity index is 0.00000484. The molecule has 1 saturated carbocycles. The first-order chi connectivity index (χ1) is 10.3. The van der Waals surface area contributed by atoms with Gasteiger partial charge < -0.3 is 15.5 Å². The number of nitrogens with zero attached hydrogens (tertiary/aromatic N) is 2. The Hall–Kier alpha value is -0.530. The lowest BCUT2D eigenvalue weighted by molar-refractivity contribution is -0.127. The largest absolute Gasteiger partial charge is 0.354 e. The molecule has 136 valence electrons. The molecule has 1 rings (SSSR count). The van der Waals surface area contributed by atoms with Gasteiger partial charge in [-0.15, -0.1) is 24.0 Å². The van der Waals surface area contributed by atoms with E-state index >= 15 is 0 Å². The lowest BCUT2D eigenvalue weighted by Gasteiger charge is -2.33. The van der Waals surface area contributed by atoms with Gasteiger partial charge in [-0.1, -0.05) is 26.7 Å². The van der Waals surface area contributed by atoms with Crippen LogP contribution in [-0.4, -0.2) is 49.5 Å². The van der Waals surface area contributed by atoms with Gasteiger partial charge in [0.1, 0.15) is 6.54 Å². The highest BCUT2D eigenvalue weighted by Gasteiger charge is 2.24. The molecule has 0 aromatic rings. The summed E-state index contributed by atoms with van der Waals surface area (Å²) in [4.78, 5) is 17.8. The highest BCUT2D eigenvalue weighted by molar-refractivity contribution is 14.0. The maximum Gasteiger partial charge on any atom is 0.243 e. The van der Waals surface area contributed by atoms with E-state index in [-0.39, 0.29) is 36.4 Å². The topological polar surface area (TPSA) is 56.7 Å². The molecule has 0 aliphatic heterocycles. The van der Waals surface area contributed by atoms with Crippen LogP contribution >= 0.6 is 24.0 Å². The van der Waals surface area contributed by atoms with Crippen molar-refractivity contribution >= 4 is 35.8 Å². The van der Waals surface area contributed by atoms with Gasteiger partial charge in [0.05, 0.1) is 0 Å². The molecule has 6 heteroatoms. The first-order valence-corrected chi connectivity index (χ1v) is 8.57. The smallest absolute Gasteiger partial charge is 0.243 e. The molecule has 1 aliphatic carbocycles. The number of aliphatic imine (C=N–C) groups is 1. The molecule has 1 fully saturated rings. The normalized spacial score (nSPS) is 21.8. The van der Waals surface area contributed by atoms with Crippen molar-refractivity contribution in [2.24, 2.45) is 16.8 Å². The molecule has 0 spiro atoms. The summed E-state index contributed by atoms with van der Waals surface area (Å²) in [6.45, 7) is 8.98. The maximum absolute atomic E-state index is 11.7. The number of hydrogen-bond donors (Lipinski definition) is 2. The van der Waals surface area contributed by atoms with Crippen LogP contribution in [0.25, 0.3) is 0 Å². The molecule has 0 heterocycles. The summed E-state index contributed by atoms with van der Waals surface area (Å²) in [5.74, 6) is 2.31.